The Hall–Kier alpha value is -1.94. The van der Waals surface area contributed by atoms with Gasteiger partial charge in [-0.2, -0.15) is 0 Å². The Bertz CT molecular complexity index is 593. The third-order valence-corrected chi connectivity index (χ3v) is 3.34. The molecule has 1 aliphatic rings. The Morgan fingerprint density at radius 3 is 2.95 bits per heavy atom. The van der Waals surface area contributed by atoms with E-state index < -0.39 is 0 Å². The molecule has 19 heavy (non-hydrogen) atoms. The van der Waals surface area contributed by atoms with Gasteiger partial charge < -0.3 is 10.1 Å². The third-order valence-electron chi connectivity index (χ3n) is 3.34. The van der Waals surface area contributed by atoms with Gasteiger partial charge in [-0.05, 0) is 13.0 Å². The van der Waals surface area contributed by atoms with Gasteiger partial charge in [0.15, 0.2) is 5.82 Å². The largest absolute Gasteiger partial charge is 0.376 e. The highest BCUT2D eigenvalue weighted by atomic mass is 16.5. The van der Waals surface area contributed by atoms with E-state index in [1.165, 1.54) is 5.56 Å². The average molecular weight is 255 g/mol. The van der Waals surface area contributed by atoms with Gasteiger partial charge in [0.2, 0.25) is 0 Å². The lowest BCUT2D eigenvalue weighted by Crippen LogP contribution is -2.16. The summed E-state index contributed by atoms with van der Waals surface area (Å²) in [6.07, 6.45) is 0.853. The fourth-order valence-electron chi connectivity index (χ4n) is 2.35. The molecule has 1 aromatic heterocycles. The molecule has 0 saturated heterocycles. The van der Waals surface area contributed by atoms with Crippen LogP contribution in [0.25, 0.3) is 11.4 Å². The van der Waals surface area contributed by atoms with Crippen molar-refractivity contribution >= 4 is 5.82 Å². The molecule has 0 saturated carbocycles. The Labute approximate surface area is 112 Å². The summed E-state index contributed by atoms with van der Waals surface area (Å²) >= 11 is 0. The molecule has 0 unspecified atom stereocenters. The predicted molar refractivity (Wildman–Crippen MR) is 75.1 cm³/mol. The van der Waals surface area contributed by atoms with Crippen molar-refractivity contribution in [1.82, 2.24) is 9.97 Å². The number of anilines is 1. The Morgan fingerprint density at radius 1 is 1.26 bits per heavy atom. The fourth-order valence-corrected chi connectivity index (χ4v) is 2.35. The minimum Gasteiger partial charge on any atom is -0.376 e. The summed E-state index contributed by atoms with van der Waals surface area (Å²) in [6, 6.07) is 8.28. The normalized spacial score (nSPS) is 14.0. The van der Waals surface area contributed by atoms with Crippen LogP contribution in [0.3, 0.4) is 0 Å². The van der Waals surface area contributed by atoms with Crippen molar-refractivity contribution in [3.8, 4) is 11.4 Å². The fraction of sp³-hybridized carbons (Fsp3) is 0.333. The van der Waals surface area contributed by atoms with E-state index in [4.69, 9.17) is 9.72 Å². The number of hydrogen-bond donors (Lipinski definition) is 1. The second-order valence-electron chi connectivity index (χ2n) is 4.74. The molecule has 98 valence electrons. The van der Waals surface area contributed by atoms with Crippen molar-refractivity contribution in [2.45, 2.75) is 20.0 Å². The van der Waals surface area contributed by atoms with E-state index in [1.807, 2.05) is 19.2 Å². The standard InChI is InChI=1S/C15H17N3O/c1-10-4-3-5-11(8-10)14-17-13-6-7-19-9-12(13)15(16-2)18-14/h3-5,8H,6-7,9H2,1-2H3,(H,16,17,18). The highest BCUT2D eigenvalue weighted by Crippen LogP contribution is 2.26. The summed E-state index contributed by atoms with van der Waals surface area (Å²) < 4.78 is 5.48. The van der Waals surface area contributed by atoms with Crippen molar-refractivity contribution in [3.63, 3.8) is 0 Å². The van der Waals surface area contributed by atoms with E-state index in [-0.39, 0.29) is 0 Å². The first kappa shape index (κ1) is 12.1. The van der Waals surface area contributed by atoms with E-state index in [0.717, 1.165) is 41.5 Å². The molecule has 0 atom stereocenters. The number of ether oxygens (including phenoxy) is 1. The topological polar surface area (TPSA) is 47.0 Å². The SMILES string of the molecule is CNc1nc(-c2cccc(C)c2)nc2c1COCC2. The van der Waals surface area contributed by atoms with Crippen molar-refractivity contribution in [1.29, 1.82) is 0 Å². The lowest BCUT2D eigenvalue weighted by Gasteiger charge is -2.19. The highest BCUT2D eigenvalue weighted by Gasteiger charge is 2.18. The van der Waals surface area contributed by atoms with Crippen LogP contribution in [0.4, 0.5) is 5.82 Å². The van der Waals surface area contributed by atoms with Crippen LogP contribution in [0.1, 0.15) is 16.8 Å². The zero-order valence-corrected chi connectivity index (χ0v) is 11.2. The van der Waals surface area contributed by atoms with Gasteiger partial charge in [-0.25, -0.2) is 9.97 Å². The van der Waals surface area contributed by atoms with Crippen molar-refractivity contribution < 1.29 is 4.74 Å². The monoisotopic (exact) mass is 255 g/mol. The lowest BCUT2D eigenvalue weighted by molar-refractivity contribution is 0.109. The van der Waals surface area contributed by atoms with E-state index >= 15 is 0 Å². The van der Waals surface area contributed by atoms with Crippen molar-refractivity contribution in [3.05, 3.63) is 41.1 Å². The van der Waals surface area contributed by atoms with Gasteiger partial charge in [-0.15, -0.1) is 0 Å². The van der Waals surface area contributed by atoms with Gasteiger partial charge in [0, 0.05) is 24.6 Å². The summed E-state index contributed by atoms with van der Waals surface area (Å²) in [5, 5.41) is 3.15. The minimum absolute atomic E-state index is 0.597. The molecule has 1 N–H and O–H groups in total. The van der Waals surface area contributed by atoms with Crippen LogP contribution in [-0.4, -0.2) is 23.6 Å². The molecular weight excluding hydrogens is 238 g/mol. The van der Waals surface area contributed by atoms with Crippen LogP contribution in [-0.2, 0) is 17.8 Å². The molecule has 0 bridgehead atoms. The van der Waals surface area contributed by atoms with Crippen LogP contribution < -0.4 is 5.32 Å². The van der Waals surface area contributed by atoms with Crippen LogP contribution in [0.2, 0.25) is 0 Å². The zero-order valence-electron chi connectivity index (χ0n) is 11.2. The van der Waals surface area contributed by atoms with Gasteiger partial charge in [0.05, 0.1) is 18.9 Å². The van der Waals surface area contributed by atoms with Crippen molar-refractivity contribution in [2.75, 3.05) is 19.0 Å². The number of nitrogens with zero attached hydrogens (tertiary/aromatic N) is 2. The number of fused-ring (bicyclic) bond motifs is 1. The first-order valence-corrected chi connectivity index (χ1v) is 6.50. The zero-order chi connectivity index (χ0) is 13.2. The molecule has 2 aromatic rings. The quantitative estimate of drug-likeness (QED) is 0.896. The number of hydrogen-bond acceptors (Lipinski definition) is 4. The summed E-state index contributed by atoms with van der Waals surface area (Å²) in [6.45, 7) is 3.41. The number of benzene rings is 1. The number of rotatable bonds is 2. The first-order valence-electron chi connectivity index (χ1n) is 6.50. The summed E-state index contributed by atoms with van der Waals surface area (Å²) in [4.78, 5) is 9.32. The maximum Gasteiger partial charge on any atom is 0.161 e. The second-order valence-corrected chi connectivity index (χ2v) is 4.74. The van der Waals surface area contributed by atoms with Gasteiger partial charge in [-0.3, -0.25) is 0 Å². The molecule has 0 aliphatic carbocycles. The second kappa shape index (κ2) is 4.97. The van der Waals surface area contributed by atoms with Crippen LogP contribution in [0.15, 0.2) is 24.3 Å². The van der Waals surface area contributed by atoms with Crippen LogP contribution in [0.5, 0.6) is 0 Å². The lowest BCUT2D eigenvalue weighted by atomic mass is 10.1. The number of aromatic nitrogens is 2. The summed E-state index contributed by atoms with van der Waals surface area (Å²) in [7, 11) is 1.89. The Balaban J connectivity index is 2.12. The molecule has 0 radical (unpaired) electrons. The molecule has 0 amide bonds. The molecule has 4 heteroatoms. The molecule has 3 rings (SSSR count). The maximum atomic E-state index is 5.48. The molecule has 0 fully saturated rings. The van der Waals surface area contributed by atoms with Gasteiger partial charge in [-0.1, -0.05) is 23.8 Å². The molecule has 4 nitrogen and oxygen atoms in total. The smallest absolute Gasteiger partial charge is 0.161 e. The number of nitrogens with one attached hydrogen (secondary N) is 1. The highest BCUT2D eigenvalue weighted by molar-refractivity contribution is 5.60. The van der Waals surface area contributed by atoms with E-state index in [0.29, 0.717) is 6.61 Å². The van der Waals surface area contributed by atoms with E-state index in [9.17, 15) is 0 Å². The maximum absolute atomic E-state index is 5.48. The van der Waals surface area contributed by atoms with Gasteiger partial charge >= 0.3 is 0 Å². The molecule has 2 heterocycles. The molecule has 0 spiro atoms. The average Bonchev–Trinajstić information content (AvgIpc) is 2.46. The first-order chi connectivity index (χ1) is 9.28. The minimum atomic E-state index is 0.597. The van der Waals surface area contributed by atoms with Crippen molar-refractivity contribution in [2.24, 2.45) is 0 Å². The molecule has 1 aromatic carbocycles. The number of aryl methyl sites for hydroxylation is 1. The van der Waals surface area contributed by atoms with Crippen LogP contribution in [0, 0.1) is 6.92 Å². The predicted octanol–water partition coefficient (Wildman–Crippen LogP) is 2.57. The van der Waals surface area contributed by atoms with E-state index in [1.54, 1.807) is 0 Å². The van der Waals surface area contributed by atoms with Gasteiger partial charge in [0.1, 0.15) is 5.82 Å². The van der Waals surface area contributed by atoms with E-state index in [2.05, 4.69) is 29.4 Å². The summed E-state index contributed by atoms with van der Waals surface area (Å²) in [5.41, 5.74) is 4.46. The van der Waals surface area contributed by atoms with Crippen LogP contribution >= 0.6 is 0 Å². The molecule has 1 aliphatic heterocycles. The Kier molecular flexibility index (Phi) is 3.17. The third kappa shape index (κ3) is 2.31. The molecular formula is C15H17N3O. The summed E-state index contributed by atoms with van der Waals surface area (Å²) in [5.74, 6) is 1.66. The Morgan fingerprint density at radius 2 is 2.16 bits per heavy atom. The van der Waals surface area contributed by atoms with Gasteiger partial charge in [0.25, 0.3) is 0 Å².